The monoisotopic (exact) mass is 515 g/mol. The molecule has 1 amide bonds. The van der Waals surface area contributed by atoms with Gasteiger partial charge in [-0.05, 0) is 23.6 Å². The third kappa shape index (κ3) is 3.83. The summed E-state index contributed by atoms with van der Waals surface area (Å²) in [5.74, 6) is -0.147. The summed E-state index contributed by atoms with van der Waals surface area (Å²) in [7, 11) is 0. The highest BCUT2D eigenvalue weighted by molar-refractivity contribution is 6.30. The summed E-state index contributed by atoms with van der Waals surface area (Å²) in [6, 6.07) is 6.94. The molecule has 0 saturated carbocycles. The van der Waals surface area contributed by atoms with E-state index in [-0.39, 0.29) is 47.1 Å². The van der Waals surface area contributed by atoms with Gasteiger partial charge in [-0.1, -0.05) is 37.6 Å². The fraction of sp³-hybridized carbons (Fsp3) is 0.292. The second kappa shape index (κ2) is 8.44. The minimum atomic E-state index is -4.35. The first kappa shape index (κ1) is 24.0. The van der Waals surface area contributed by atoms with Crippen LogP contribution in [0.2, 0.25) is 5.02 Å². The van der Waals surface area contributed by atoms with Crippen LogP contribution in [0.1, 0.15) is 37.1 Å². The molecule has 36 heavy (non-hydrogen) atoms. The van der Waals surface area contributed by atoms with Crippen molar-refractivity contribution in [3.63, 3.8) is 0 Å². The third-order valence-electron chi connectivity index (χ3n) is 6.40. The quantitative estimate of drug-likeness (QED) is 0.394. The molecule has 0 aliphatic carbocycles. The molecule has 186 valence electrons. The largest absolute Gasteiger partial charge is 0.389 e. The van der Waals surface area contributed by atoms with Crippen molar-refractivity contribution < 1.29 is 18.0 Å². The molecule has 5 rings (SSSR count). The Morgan fingerprint density at radius 1 is 1.17 bits per heavy atom. The van der Waals surface area contributed by atoms with E-state index in [4.69, 9.17) is 17.3 Å². The van der Waals surface area contributed by atoms with Gasteiger partial charge in [0.15, 0.2) is 11.5 Å². The number of nitrogen functional groups attached to an aromatic ring is 1. The van der Waals surface area contributed by atoms with Crippen LogP contribution in [0.4, 0.5) is 24.8 Å². The zero-order valence-electron chi connectivity index (χ0n) is 19.3. The predicted molar refractivity (Wildman–Crippen MR) is 129 cm³/mol. The van der Waals surface area contributed by atoms with Gasteiger partial charge in [0, 0.05) is 36.5 Å². The van der Waals surface area contributed by atoms with Crippen LogP contribution >= 0.6 is 11.6 Å². The number of imidazole rings is 1. The molecule has 1 aliphatic heterocycles. The number of carbonyl (C=O) groups is 1. The Labute approximate surface area is 208 Å². The molecule has 4 aromatic rings. The summed E-state index contributed by atoms with van der Waals surface area (Å²) in [4.78, 5) is 30.9. The Morgan fingerprint density at radius 3 is 2.56 bits per heavy atom. The lowest BCUT2D eigenvalue weighted by atomic mass is 9.68. The summed E-state index contributed by atoms with van der Waals surface area (Å²) in [5, 5.41) is 3.35. The minimum absolute atomic E-state index is 0.0707. The van der Waals surface area contributed by atoms with E-state index in [0.29, 0.717) is 21.8 Å². The van der Waals surface area contributed by atoms with Crippen LogP contribution in [0, 0.1) is 5.92 Å². The Hall–Kier alpha value is -3.73. The summed E-state index contributed by atoms with van der Waals surface area (Å²) >= 11 is 6.07. The summed E-state index contributed by atoms with van der Waals surface area (Å²) in [5.41, 5.74) is 7.08. The normalized spacial score (nSPS) is 17.6. The van der Waals surface area contributed by atoms with Gasteiger partial charge in [0.1, 0.15) is 22.7 Å². The van der Waals surface area contributed by atoms with Crippen molar-refractivity contribution in [2.24, 2.45) is 5.92 Å². The fourth-order valence-electron chi connectivity index (χ4n) is 4.80. The Kier molecular flexibility index (Phi) is 5.62. The second-order valence-corrected chi connectivity index (χ2v) is 9.36. The first-order valence-corrected chi connectivity index (χ1v) is 11.5. The third-order valence-corrected chi connectivity index (χ3v) is 6.66. The van der Waals surface area contributed by atoms with E-state index in [0.717, 1.165) is 0 Å². The molecule has 0 saturated heterocycles. The van der Waals surface area contributed by atoms with Crippen molar-refractivity contribution >= 4 is 34.8 Å². The highest BCUT2D eigenvalue weighted by atomic mass is 35.5. The van der Waals surface area contributed by atoms with Gasteiger partial charge >= 0.3 is 6.18 Å². The minimum Gasteiger partial charge on any atom is -0.383 e. The van der Waals surface area contributed by atoms with E-state index < -0.39 is 18.0 Å². The highest BCUT2D eigenvalue weighted by Crippen LogP contribution is 2.49. The van der Waals surface area contributed by atoms with Gasteiger partial charge in [0.25, 0.3) is 0 Å². The van der Waals surface area contributed by atoms with Crippen LogP contribution in [-0.2, 0) is 16.6 Å². The summed E-state index contributed by atoms with van der Waals surface area (Å²) in [6.45, 7) is 3.80. The number of rotatable bonds is 5. The maximum atomic E-state index is 13.5. The SMILES string of the molecule is CC(C)C1(c2ccc(Cl)cc2)C(=O)Nc2nc(-c3cn4ccnc4c(CCC(F)(F)F)n3)nc(N)c21. The lowest BCUT2D eigenvalue weighted by molar-refractivity contribution is -0.134. The van der Waals surface area contributed by atoms with E-state index in [2.05, 4.69) is 25.3 Å². The zero-order chi connectivity index (χ0) is 25.8. The molecule has 1 atom stereocenters. The maximum absolute atomic E-state index is 13.5. The number of alkyl halides is 3. The molecule has 3 N–H and O–H groups in total. The van der Waals surface area contributed by atoms with E-state index in [9.17, 15) is 18.0 Å². The number of fused-ring (bicyclic) bond motifs is 2. The number of aromatic nitrogens is 5. The van der Waals surface area contributed by atoms with Crippen LogP contribution in [0.15, 0.2) is 42.9 Å². The molecule has 0 radical (unpaired) electrons. The van der Waals surface area contributed by atoms with Crippen molar-refractivity contribution in [3.8, 4) is 11.5 Å². The number of nitrogens with zero attached hydrogens (tertiary/aromatic N) is 5. The number of amides is 1. The van der Waals surface area contributed by atoms with Crippen molar-refractivity contribution in [2.45, 2.75) is 38.3 Å². The number of carbonyl (C=O) groups excluding carboxylic acids is 1. The number of hydrogen-bond acceptors (Lipinski definition) is 6. The van der Waals surface area contributed by atoms with Crippen molar-refractivity contribution in [3.05, 3.63) is 64.7 Å². The first-order chi connectivity index (χ1) is 17.0. The lowest BCUT2D eigenvalue weighted by Gasteiger charge is -2.32. The van der Waals surface area contributed by atoms with E-state index in [1.807, 2.05) is 13.8 Å². The van der Waals surface area contributed by atoms with Gasteiger partial charge in [-0.3, -0.25) is 4.79 Å². The number of nitrogens with two attached hydrogens (primary N) is 1. The van der Waals surface area contributed by atoms with Gasteiger partial charge in [-0.15, -0.1) is 0 Å². The topological polar surface area (TPSA) is 111 Å². The maximum Gasteiger partial charge on any atom is 0.389 e. The van der Waals surface area contributed by atoms with Gasteiger partial charge in [0.2, 0.25) is 5.91 Å². The average Bonchev–Trinajstić information content (AvgIpc) is 3.40. The summed E-state index contributed by atoms with van der Waals surface area (Å²) < 4.78 is 40.2. The van der Waals surface area contributed by atoms with Gasteiger partial charge < -0.3 is 15.5 Å². The molecule has 12 heteroatoms. The van der Waals surface area contributed by atoms with Gasteiger partial charge in [0.05, 0.1) is 11.3 Å². The Balaban J connectivity index is 1.65. The van der Waals surface area contributed by atoms with Crippen LogP contribution in [-0.4, -0.2) is 36.4 Å². The molecular formula is C24H21ClF3N7O. The Morgan fingerprint density at radius 2 is 1.89 bits per heavy atom. The molecule has 1 aliphatic rings. The molecule has 0 spiro atoms. The van der Waals surface area contributed by atoms with Gasteiger partial charge in [-0.25, -0.2) is 19.9 Å². The van der Waals surface area contributed by atoms with Crippen LogP contribution in [0.5, 0.6) is 0 Å². The van der Waals surface area contributed by atoms with Gasteiger partial charge in [-0.2, -0.15) is 13.2 Å². The van der Waals surface area contributed by atoms with Crippen LogP contribution in [0.3, 0.4) is 0 Å². The number of halogens is 4. The van der Waals surface area contributed by atoms with E-state index in [1.165, 1.54) is 6.20 Å². The second-order valence-electron chi connectivity index (χ2n) is 8.93. The van der Waals surface area contributed by atoms with Crippen molar-refractivity contribution in [1.82, 2.24) is 24.3 Å². The number of benzene rings is 1. The van der Waals surface area contributed by atoms with E-state index >= 15 is 0 Å². The molecule has 1 aromatic carbocycles. The Bertz CT molecular complexity index is 1480. The standard InChI is InChI=1S/C24H21ClF3N7O/c1-12(2)24(13-3-5-14(25)6-4-13)17-18(29)32-19(33-20(17)34-22(24)36)16-11-35-10-9-30-21(35)15(31-16)7-8-23(26,27)28/h3-6,9-12H,7-8H2,1-2H3,(H3,29,32,33,34,36). The molecule has 0 fully saturated rings. The lowest BCUT2D eigenvalue weighted by Crippen LogP contribution is -2.41. The van der Waals surface area contributed by atoms with Crippen molar-refractivity contribution in [2.75, 3.05) is 11.1 Å². The highest BCUT2D eigenvalue weighted by Gasteiger charge is 2.53. The molecular weight excluding hydrogens is 495 g/mol. The molecule has 1 unspecified atom stereocenters. The number of aryl methyl sites for hydroxylation is 1. The first-order valence-electron chi connectivity index (χ1n) is 11.2. The van der Waals surface area contributed by atoms with Crippen LogP contribution in [0.25, 0.3) is 17.2 Å². The molecule has 8 nitrogen and oxygen atoms in total. The van der Waals surface area contributed by atoms with Crippen molar-refractivity contribution in [1.29, 1.82) is 0 Å². The molecule has 3 aromatic heterocycles. The summed E-state index contributed by atoms with van der Waals surface area (Å²) in [6.07, 6.45) is -1.12. The van der Waals surface area contributed by atoms with Crippen LogP contribution < -0.4 is 11.1 Å². The molecule has 4 heterocycles. The fourth-order valence-corrected chi connectivity index (χ4v) is 4.92. The smallest absolute Gasteiger partial charge is 0.383 e. The van der Waals surface area contributed by atoms with E-state index in [1.54, 1.807) is 41.1 Å². The number of anilines is 2. The number of hydrogen-bond donors (Lipinski definition) is 2. The predicted octanol–water partition coefficient (Wildman–Crippen LogP) is 4.81. The number of nitrogens with one attached hydrogen (secondary N) is 1. The molecule has 0 bridgehead atoms. The average molecular weight is 516 g/mol. The zero-order valence-corrected chi connectivity index (χ0v) is 20.0.